The minimum atomic E-state index is -0.489. The highest BCUT2D eigenvalue weighted by atomic mass is 35.5. The molecule has 4 N–H and O–H groups in total. The summed E-state index contributed by atoms with van der Waals surface area (Å²) in [7, 11) is 1.57. The van der Waals surface area contributed by atoms with Crippen LogP contribution < -0.4 is 26.1 Å². The molecule has 28 heavy (non-hydrogen) atoms. The third-order valence-electron chi connectivity index (χ3n) is 3.59. The molecule has 0 fully saturated rings. The highest BCUT2D eigenvalue weighted by Crippen LogP contribution is 2.29. The standard InChI is InChI=1S/C18H15Cl2N5O3/c1-27-11-3-5-12(6-4-11)28-18-15(21)16(22-9-23-18)24-25-17(26)13-7-2-10(19)8-14(13)20/h2-9H,21H2,1H3,(H,25,26)(H,22,23,24). The number of rotatable bonds is 6. The molecule has 10 heteroatoms. The average molecular weight is 420 g/mol. The Kier molecular flexibility index (Phi) is 6.03. The molecule has 1 heterocycles. The van der Waals surface area contributed by atoms with E-state index in [1.807, 2.05) is 0 Å². The number of nitrogens with one attached hydrogen (secondary N) is 2. The Morgan fingerprint density at radius 3 is 2.46 bits per heavy atom. The zero-order chi connectivity index (χ0) is 20.1. The van der Waals surface area contributed by atoms with Crippen LogP contribution in [0.4, 0.5) is 11.5 Å². The third kappa shape index (κ3) is 4.54. The van der Waals surface area contributed by atoms with Crippen molar-refractivity contribution in [3.8, 4) is 17.4 Å². The van der Waals surface area contributed by atoms with Crippen molar-refractivity contribution < 1.29 is 14.3 Å². The van der Waals surface area contributed by atoms with E-state index in [0.29, 0.717) is 16.5 Å². The maximum Gasteiger partial charge on any atom is 0.271 e. The summed E-state index contributed by atoms with van der Waals surface area (Å²) in [6.07, 6.45) is 1.25. The van der Waals surface area contributed by atoms with Crippen LogP contribution >= 0.6 is 23.2 Å². The first-order valence-corrected chi connectivity index (χ1v) is 8.67. The maximum atomic E-state index is 12.3. The summed E-state index contributed by atoms with van der Waals surface area (Å²) in [4.78, 5) is 20.3. The first-order chi connectivity index (χ1) is 13.5. The smallest absolute Gasteiger partial charge is 0.271 e. The van der Waals surface area contributed by atoms with Crippen molar-refractivity contribution in [2.75, 3.05) is 18.3 Å². The monoisotopic (exact) mass is 419 g/mol. The summed E-state index contributed by atoms with van der Waals surface area (Å²) in [5, 5.41) is 0.640. The van der Waals surface area contributed by atoms with Gasteiger partial charge >= 0.3 is 0 Å². The summed E-state index contributed by atoms with van der Waals surface area (Å²) in [5.74, 6) is 0.999. The molecule has 2 aromatic carbocycles. The number of carbonyl (C=O) groups is 1. The van der Waals surface area contributed by atoms with Gasteiger partial charge in [-0.05, 0) is 42.5 Å². The number of hydrogen-bond acceptors (Lipinski definition) is 7. The van der Waals surface area contributed by atoms with Gasteiger partial charge in [0.05, 0.1) is 17.7 Å². The second-order valence-corrected chi connectivity index (χ2v) is 6.27. The van der Waals surface area contributed by atoms with Crippen molar-refractivity contribution >= 4 is 40.6 Å². The minimum Gasteiger partial charge on any atom is -0.497 e. The maximum absolute atomic E-state index is 12.3. The van der Waals surface area contributed by atoms with Gasteiger partial charge in [0.1, 0.15) is 23.5 Å². The van der Waals surface area contributed by atoms with Gasteiger partial charge in [-0.3, -0.25) is 15.6 Å². The van der Waals surface area contributed by atoms with Gasteiger partial charge in [-0.25, -0.2) is 4.98 Å². The van der Waals surface area contributed by atoms with Gasteiger partial charge < -0.3 is 15.2 Å². The van der Waals surface area contributed by atoms with E-state index in [-0.39, 0.29) is 28.0 Å². The first kappa shape index (κ1) is 19.5. The molecule has 0 aliphatic carbocycles. The largest absolute Gasteiger partial charge is 0.497 e. The Bertz CT molecular complexity index is 999. The second-order valence-electron chi connectivity index (χ2n) is 5.42. The molecule has 0 spiro atoms. The van der Waals surface area contributed by atoms with Crippen LogP contribution in [0.5, 0.6) is 17.4 Å². The number of benzene rings is 2. The lowest BCUT2D eigenvalue weighted by Gasteiger charge is -2.13. The van der Waals surface area contributed by atoms with E-state index in [1.54, 1.807) is 37.4 Å². The van der Waals surface area contributed by atoms with E-state index >= 15 is 0 Å². The van der Waals surface area contributed by atoms with Crippen molar-refractivity contribution in [1.82, 2.24) is 15.4 Å². The van der Waals surface area contributed by atoms with Crippen molar-refractivity contribution in [3.63, 3.8) is 0 Å². The number of carbonyl (C=O) groups excluding carboxylic acids is 1. The lowest BCUT2D eigenvalue weighted by Crippen LogP contribution is -2.30. The highest BCUT2D eigenvalue weighted by Gasteiger charge is 2.14. The van der Waals surface area contributed by atoms with Gasteiger partial charge in [0.25, 0.3) is 5.91 Å². The Morgan fingerprint density at radius 2 is 1.79 bits per heavy atom. The fourth-order valence-electron chi connectivity index (χ4n) is 2.17. The first-order valence-electron chi connectivity index (χ1n) is 7.91. The van der Waals surface area contributed by atoms with Gasteiger partial charge in [-0.2, -0.15) is 4.98 Å². The Hall–Kier alpha value is -3.23. The number of hydrogen-bond donors (Lipinski definition) is 3. The number of nitrogens with two attached hydrogens (primary N) is 1. The zero-order valence-electron chi connectivity index (χ0n) is 14.6. The fraction of sp³-hybridized carbons (Fsp3) is 0.0556. The summed E-state index contributed by atoms with van der Waals surface area (Å²) in [6.45, 7) is 0. The van der Waals surface area contributed by atoms with Gasteiger partial charge in [0.15, 0.2) is 5.82 Å². The predicted molar refractivity (Wildman–Crippen MR) is 107 cm³/mol. The molecule has 0 atom stereocenters. The van der Waals surface area contributed by atoms with Crippen LogP contribution in [0.2, 0.25) is 10.0 Å². The van der Waals surface area contributed by atoms with E-state index in [1.165, 1.54) is 18.5 Å². The van der Waals surface area contributed by atoms with Crippen LogP contribution in [-0.4, -0.2) is 23.0 Å². The van der Waals surface area contributed by atoms with E-state index in [2.05, 4.69) is 20.8 Å². The third-order valence-corrected chi connectivity index (χ3v) is 4.14. The van der Waals surface area contributed by atoms with Crippen LogP contribution in [-0.2, 0) is 0 Å². The summed E-state index contributed by atoms with van der Waals surface area (Å²) < 4.78 is 10.7. The van der Waals surface area contributed by atoms with Crippen molar-refractivity contribution in [2.45, 2.75) is 0 Å². The molecule has 0 bridgehead atoms. The average Bonchev–Trinajstić information content (AvgIpc) is 2.69. The van der Waals surface area contributed by atoms with E-state index < -0.39 is 5.91 Å². The van der Waals surface area contributed by atoms with Gasteiger partial charge in [-0.15, -0.1) is 0 Å². The van der Waals surface area contributed by atoms with E-state index in [4.69, 9.17) is 38.4 Å². The molecule has 0 saturated heterocycles. The van der Waals surface area contributed by atoms with Gasteiger partial charge in [0.2, 0.25) is 5.88 Å². The van der Waals surface area contributed by atoms with Crippen LogP contribution in [0, 0.1) is 0 Å². The molecule has 3 rings (SSSR count). The van der Waals surface area contributed by atoms with Crippen LogP contribution in [0.1, 0.15) is 10.4 Å². The molecule has 0 aliphatic rings. The van der Waals surface area contributed by atoms with Gasteiger partial charge in [-0.1, -0.05) is 23.2 Å². The number of anilines is 2. The minimum absolute atomic E-state index is 0.112. The second kappa shape index (κ2) is 8.64. The molecule has 1 aromatic heterocycles. The summed E-state index contributed by atoms with van der Waals surface area (Å²) >= 11 is 11.9. The number of nitrogens with zero attached hydrogens (tertiary/aromatic N) is 2. The van der Waals surface area contributed by atoms with Crippen LogP contribution in [0.25, 0.3) is 0 Å². The number of hydrazine groups is 1. The molecule has 0 aliphatic heterocycles. The molecule has 0 unspecified atom stereocenters. The fourth-order valence-corrected chi connectivity index (χ4v) is 2.67. The van der Waals surface area contributed by atoms with E-state index in [9.17, 15) is 4.79 Å². The van der Waals surface area contributed by atoms with Crippen molar-refractivity contribution in [3.05, 3.63) is 64.4 Å². The number of methoxy groups -OCH3 is 1. The van der Waals surface area contributed by atoms with Crippen molar-refractivity contribution in [2.24, 2.45) is 0 Å². The SMILES string of the molecule is COc1ccc(Oc2ncnc(NNC(=O)c3ccc(Cl)cc3Cl)c2N)cc1. The predicted octanol–water partition coefficient (Wildman–Crippen LogP) is 3.92. The van der Waals surface area contributed by atoms with Crippen LogP contribution in [0.3, 0.4) is 0 Å². The number of aromatic nitrogens is 2. The summed E-state index contributed by atoms with van der Waals surface area (Å²) in [6, 6.07) is 11.4. The number of amides is 1. The van der Waals surface area contributed by atoms with Crippen molar-refractivity contribution in [1.29, 1.82) is 0 Å². The number of halogens is 2. The molecule has 144 valence electrons. The summed E-state index contributed by atoms with van der Waals surface area (Å²) in [5.41, 5.74) is 11.5. The molecule has 0 saturated carbocycles. The molecular formula is C18H15Cl2N5O3. The lowest BCUT2D eigenvalue weighted by molar-refractivity contribution is 0.0962. The number of ether oxygens (including phenoxy) is 2. The number of nitrogen functional groups attached to an aromatic ring is 1. The molecule has 1 amide bonds. The Balaban J connectivity index is 1.70. The molecule has 3 aromatic rings. The topological polar surface area (TPSA) is 111 Å². The Labute approximate surface area is 170 Å². The normalized spacial score (nSPS) is 10.2. The van der Waals surface area contributed by atoms with Gasteiger partial charge in [0, 0.05) is 5.02 Å². The Morgan fingerprint density at radius 1 is 1.07 bits per heavy atom. The lowest BCUT2D eigenvalue weighted by atomic mass is 10.2. The highest BCUT2D eigenvalue weighted by molar-refractivity contribution is 6.36. The molecular weight excluding hydrogens is 405 g/mol. The molecule has 8 nitrogen and oxygen atoms in total. The zero-order valence-corrected chi connectivity index (χ0v) is 16.1. The quantitative estimate of drug-likeness (QED) is 0.518. The van der Waals surface area contributed by atoms with E-state index in [0.717, 1.165) is 0 Å². The molecule has 0 radical (unpaired) electrons. The van der Waals surface area contributed by atoms with Crippen LogP contribution in [0.15, 0.2) is 48.8 Å².